The van der Waals surface area contributed by atoms with Crippen LogP contribution in [0.4, 0.5) is 22.7 Å². The predicted octanol–water partition coefficient (Wildman–Crippen LogP) is 8.74. The number of benzene rings is 3. The van der Waals surface area contributed by atoms with Gasteiger partial charge in [0, 0.05) is 0 Å². The first-order valence-electron chi connectivity index (χ1n) is 10.5. The number of azo groups is 2. The van der Waals surface area contributed by atoms with E-state index in [1.807, 2.05) is 66.7 Å². The molecule has 0 aliphatic rings. The molecule has 154 valence electrons. The first kappa shape index (κ1) is 21.4. The van der Waals surface area contributed by atoms with Crippen LogP contribution in [0.15, 0.2) is 93.3 Å². The normalized spacial score (nSPS) is 11.5. The summed E-state index contributed by atoms with van der Waals surface area (Å²) in [5.41, 5.74) is 3.91. The van der Waals surface area contributed by atoms with E-state index < -0.39 is 0 Å². The molecule has 0 spiro atoms. The first-order valence-corrected chi connectivity index (χ1v) is 10.5. The SMILES string of the molecule is CCCCCCCc1ccc(O)c(N=Nc2ccc(N=Nc3ccccc3)cc2)c1. The Bertz CT molecular complexity index is 966. The van der Waals surface area contributed by atoms with Gasteiger partial charge in [-0.05, 0) is 66.9 Å². The van der Waals surface area contributed by atoms with Gasteiger partial charge in [0.2, 0.25) is 0 Å². The highest BCUT2D eigenvalue weighted by Gasteiger charge is 2.03. The fourth-order valence-corrected chi connectivity index (χ4v) is 3.04. The maximum atomic E-state index is 10.1. The van der Waals surface area contributed by atoms with Gasteiger partial charge in [-0.1, -0.05) is 56.9 Å². The van der Waals surface area contributed by atoms with Gasteiger partial charge in [-0.25, -0.2) is 0 Å². The number of nitrogens with zero attached hydrogens (tertiary/aromatic N) is 4. The summed E-state index contributed by atoms with van der Waals surface area (Å²) in [5, 5.41) is 27.0. The van der Waals surface area contributed by atoms with E-state index in [0.717, 1.165) is 24.2 Å². The average Bonchev–Trinajstić information content (AvgIpc) is 2.79. The van der Waals surface area contributed by atoms with Crippen LogP contribution in [0.1, 0.15) is 44.6 Å². The summed E-state index contributed by atoms with van der Waals surface area (Å²) in [7, 11) is 0. The van der Waals surface area contributed by atoms with Crippen LogP contribution in [0.25, 0.3) is 0 Å². The molecule has 0 amide bonds. The molecule has 1 N–H and O–H groups in total. The second-order valence-corrected chi connectivity index (χ2v) is 7.24. The van der Waals surface area contributed by atoms with Crippen LogP contribution in [0, 0.1) is 0 Å². The highest BCUT2D eigenvalue weighted by molar-refractivity contribution is 5.53. The maximum absolute atomic E-state index is 10.1. The van der Waals surface area contributed by atoms with E-state index in [4.69, 9.17) is 0 Å². The maximum Gasteiger partial charge on any atom is 0.143 e. The molecule has 0 unspecified atom stereocenters. The second-order valence-electron chi connectivity index (χ2n) is 7.24. The van der Waals surface area contributed by atoms with Gasteiger partial charge in [-0.2, -0.15) is 15.3 Å². The number of rotatable bonds is 10. The van der Waals surface area contributed by atoms with E-state index in [2.05, 4.69) is 27.4 Å². The molecule has 0 heterocycles. The molecular formula is C25H28N4O. The Hall–Kier alpha value is -3.34. The van der Waals surface area contributed by atoms with Gasteiger partial charge >= 0.3 is 0 Å². The Morgan fingerprint density at radius 2 is 1.23 bits per heavy atom. The van der Waals surface area contributed by atoms with Crippen molar-refractivity contribution in [2.24, 2.45) is 20.5 Å². The summed E-state index contributed by atoms with van der Waals surface area (Å²) in [6.07, 6.45) is 7.21. The van der Waals surface area contributed by atoms with Crippen LogP contribution < -0.4 is 0 Å². The average molecular weight is 401 g/mol. The number of hydrogen-bond donors (Lipinski definition) is 1. The van der Waals surface area contributed by atoms with E-state index in [1.54, 1.807) is 6.07 Å². The van der Waals surface area contributed by atoms with Crippen molar-refractivity contribution in [2.75, 3.05) is 0 Å². The Morgan fingerprint density at radius 1 is 0.633 bits per heavy atom. The first-order chi connectivity index (χ1) is 14.7. The fourth-order valence-electron chi connectivity index (χ4n) is 3.04. The van der Waals surface area contributed by atoms with Crippen LogP contribution >= 0.6 is 0 Å². The monoisotopic (exact) mass is 400 g/mol. The van der Waals surface area contributed by atoms with Gasteiger partial charge in [0.05, 0.1) is 17.1 Å². The quantitative estimate of drug-likeness (QED) is 0.268. The predicted molar refractivity (Wildman–Crippen MR) is 122 cm³/mol. The molecule has 0 saturated carbocycles. The number of unbranched alkanes of at least 4 members (excludes halogenated alkanes) is 4. The lowest BCUT2D eigenvalue weighted by Crippen LogP contribution is -1.86. The van der Waals surface area contributed by atoms with E-state index in [0.29, 0.717) is 11.4 Å². The molecule has 3 aromatic rings. The van der Waals surface area contributed by atoms with E-state index in [9.17, 15) is 5.11 Å². The van der Waals surface area contributed by atoms with E-state index in [1.165, 1.54) is 31.2 Å². The van der Waals surface area contributed by atoms with Crippen LogP contribution in [-0.4, -0.2) is 5.11 Å². The van der Waals surface area contributed by atoms with Crippen molar-refractivity contribution >= 4 is 22.7 Å². The summed E-state index contributed by atoms with van der Waals surface area (Å²) >= 11 is 0. The lowest BCUT2D eigenvalue weighted by atomic mass is 10.0. The highest BCUT2D eigenvalue weighted by Crippen LogP contribution is 2.30. The van der Waals surface area contributed by atoms with Gasteiger partial charge in [-0.15, -0.1) is 5.11 Å². The molecule has 0 fully saturated rings. The molecule has 5 heteroatoms. The smallest absolute Gasteiger partial charge is 0.143 e. The molecule has 0 saturated heterocycles. The summed E-state index contributed by atoms with van der Waals surface area (Å²) in [6, 6.07) is 22.5. The van der Waals surface area contributed by atoms with Gasteiger partial charge in [0.15, 0.2) is 0 Å². The standard InChI is InChI=1S/C25H28N4O/c1-2-3-4-5-7-10-20-13-18-25(30)24(19-20)29-28-23-16-14-22(15-17-23)27-26-21-11-8-6-9-12-21/h6,8-9,11-19,30H,2-5,7,10H2,1H3. The Labute approximate surface area is 178 Å². The molecule has 0 atom stereocenters. The summed E-state index contributed by atoms with van der Waals surface area (Å²) in [6.45, 7) is 2.22. The largest absolute Gasteiger partial charge is 0.506 e. The minimum atomic E-state index is 0.141. The molecule has 3 rings (SSSR count). The molecule has 30 heavy (non-hydrogen) atoms. The molecule has 0 aliphatic heterocycles. The van der Waals surface area contributed by atoms with Crippen molar-refractivity contribution in [3.8, 4) is 5.75 Å². The third kappa shape index (κ3) is 6.92. The topological polar surface area (TPSA) is 69.7 Å². The second kappa shape index (κ2) is 11.6. The van der Waals surface area contributed by atoms with Gasteiger partial charge in [-0.3, -0.25) is 0 Å². The third-order valence-corrected chi connectivity index (χ3v) is 4.77. The lowest BCUT2D eigenvalue weighted by Gasteiger charge is -2.04. The van der Waals surface area contributed by atoms with E-state index >= 15 is 0 Å². The third-order valence-electron chi connectivity index (χ3n) is 4.77. The molecule has 0 bridgehead atoms. The number of phenolic OH excluding ortho intramolecular Hbond substituents is 1. The zero-order chi connectivity index (χ0) is 21.0. The summed E-state index contributed by atoms with van der Waals surface area (Å²) < 4.78 is 0. The van der Waals surface area contributed by atoms with Crippen molar-refractivity contribution in [2.45, 2.75) is 45.4 Å². The van der Waals surface area contributed by atoms with Crippen LogP contribution in [-0.2, 0) is 6.42 Å². The molecule has 0 aromatic heterocycles. The highest BCUT2D eigenvalue weighted by atomic mass is 16.3. The van der Waals surface area contributed by atoms with Gasteiger partial charge in [0.1, 0.15) is 11.4 Å². The fraction of sp³-hybridized carbons (Fsp3) is 0.280. The van der Waals surface area contributed by atoms with Gasteiger partial charge in [0.25, 0.3) is 0 Å². The molecule has 5 nitrogen and oxygen atoms in total. The van der Waals surface area contributed by atoms with Crippen molar-refractivity contribution in [1.82, 2.24) is 0 Å². The Morgan fingerprint density at radius 3 is 1.90 bits per heavy atom. The minimum Gasteiger partial charge on any atom is -0.506 e. The molecular weight excluding hydrogens is 372 g/mol. The molecule has 0 radical (unpaired) electrons. The van der Waals surface area contributed by atoms with Crippen LogP contribution in [0.3, 0.4) is 0 Å². The van der Waals surface area contributed by atoms with Crippen molar-refractivity contribution in [3.63, 3.8) is 0 Å². The summed E-state index contributed by atoms with van der Waals surface area (Å²) in [5.74, 6) is 0.141. The number of hydrogen-bond acceptors (Lipinski definition) is 5. The van der Waals surface area contributed by atoms with Crippen LogP contribution in [0.2, 0.25) is 0 Å². The lowest BCUT2D eigenvalue weighted by molar-refractivity contribution is 0.476. The van der Waals surface area contributed by atoms with E-state index in [-0.39, 0.29) is 5.75 Å². The Kier molecular flexibility index (Phi) is 8.27. The van der Waals surface area contributed by atoms with Crippen LogP contribution in [0.5, 0.6) is 5.75 Å². The molecule has 3 aromatic carbocycles. The van der Waals surface area contributed by atoms with Gasteiger partial charge < -0.3 is 5.11 Å². The molecule has 0 aliphatic carbocycles. The minimum absolute atomic E-state index is 0.141. The number of phenols is 1. The zero-order valence-electron chi connectivity index (χ0n) is 17.4. The Balaban J connectivity index is 1.59. The zero-order valence-corrected chi connectivity index (χ0v) is 17.4. The van der Waals surface area contributed by atoms with Crippen molar-refractivity contribution in [3.05, 3.63) is 78.4 Å². The summed E-state index contributed by atoms with van der Waals surface area (Å²) in [4.78, 5) is 0. The van der Waals surface area contributed by atoms with Crippen molar-refractivity contribution in [1.29, 1.82) is 0 Å². The van der Waals surface area contributed by atoms with Crippen molar-refractivity contribution < 1.29 is 5.11 Å². The number of aryl methyl sites for hydroxylation is 1. The number of aromatic hydroxyl groups is 1.